The first-order chi connectivity index (χ1) is 9.45. The highest BCUT2D eigenvalue weighted by atomic mass is 16.7. The smallest absolute Gasteiger partial charge is 0.229 e. The van der Waals surface area contributed by atoms with Gasteiger partial charge >= 0.3 is 0 Å². The summed E-state index contributed by atoms with van der Waals surface area (Å²) < 4.78 is 10.3. The highest BCUT2D eigenvalue weighted by Gasteiger charge is 2.44. The standard InChI is InChI=1S/C12H16O8/c13-4-7-9(16)10(17)11(18)12(20-7)19-6-3-1-2-5(14)8(6)15/h1-3,7,9-18H,4H2/t7-,9+,10+,11-,12-/m1/s1. The number of aliphatic hydroxyl groups excluding tert-OH is 4. The summed E-state index contributed by atoms with van der Waals surface area (Å²) in [6.45, 7) is -0.586. The Hall–Kier alpha value is -1.58. The number of hydrogen-bond acceptors (Lipinski definition) is 8. The van der Waals surface area contributed by atoms with Crippen molar-refractivity contribution in [2.75, 3.05) is 6.61 Å². The third-order valence-corrected chi connectivity index (χ3v) is 3.07. The quantitative estimate of drug-likeness (QED) is 0.361. The van der Waals surface area contributed by atoms with Crippen LogP contribution in [0.4, 0.5) is 0 Å². The molecule has 1 aromatic rings. The Bertz CT molecular complexity index is 463. The normalized spacial score (nSPS) is 33.9. The number of phenols is 2. The topological polar surface area (TPSA) is 140 Å². The monoisotopic (exact) mass is 288 g/mol. The van der Waals surface area contributed by atoms with E-state index in [2.05, 4.69) is 0 Å². The molecule has 2 rings (SSSR count). The SMILES string of the molecule is OC[C@H]1O[C@@H](Oc2cccc(O)c2O)[C@H](O)[C@@H](O)[C@H]1O. The van der Waals surface area contributed by atoms with E-state index in [9.17, 15) is 25.5 Å². The van der Waals surface area contributed by atoms with Crippen molar-refractivity contribution in [3.8, 4) is 17.2 Å². The van der Waals surface area contributed by atoms with Crippen molar-refractivity contribution < 1.29 is 40.1 Å². The summed E-state index contributed by atoms with van der Waals surface area (Å²) in [5.41, 5.74) is 0. The molecule has 0 aliphatic carbocycles. The van der Waals surface area contributed by atoms with Crippen LogP contribution in [0.3, 0.4) is 0 Å². The van der Waals surface area contributed by atoms with Crippen LogP contribution in [0.15, 0.2) is 18.2 Å². The van der Waals surface area contributed by atoms with Crippen LogP contribution in [0.25, 0.3) is 0 Å². The van der Waals surface area contributed by atoms with Gasteiger partial charge in [0, 0.05) is 0 Å². The van der Waals surface area contributed by atoms with Crippen LogP contribution in [0, 0.1) is 0 Å². The van der Waals surface area contributed by atoms with Crippen LogP contribution in [-0.4, -0.2) is 68.0 Å². The average Bonchev–Trinajstić information content (AvgIpc) is 2.44. The number of benzene rings is 1. The predicted octanol–water partition coefficient (Wildman–Crippen LogP) is -1.72. The number of para-hydroxylation sites is 1. The fourth-order valence-corrected chi connectivity index (χ4v) is 1.90. The Kier molecular flexibility index (Phi) is 4.31. The molecule has 0 aromatic heterocycles. The van der Waals surface area contributed by atoms with Gasteiger partial charge in [-0.2, -0.15) is 0 Å². The van der Waals surface area contributed by atoms with Gasteiger partial charge in [0.2, 0.25) is 12.0 Å². The number of hydrogen-bond donors (Lipinski definition) is 6. The molecular formula is C12H16O8. The zero-order chi connectivity index (χ0) is 14.9. The van der Waals surface area contributed by atoms with Crippen molar-refractivity contribution in [2.45, 2.75) is 30.7 Å². The Balaban J connectivity index is 2.17. The van der Waals surface area contributed by atoms with Gasteiger partial charge in [0.1, 0.15) is 24.4 Å². The number of phenolic OH excluding ortho intramolecular Hbond substituents is 2. The van der Waals surface area contributed by atoms with Crippen molar-refractivity contribution in [3.05, 3.63) is 18.2 Å². The molecular weight excluding hydrogens is 272 g/mol. The van der Waals surface area contributed by atoms with Crippen LogP contribution in [0.2, 0.25) is 0 Å². The van der Waals surface area contributed by atoms with Gasteiger partial charge in [-0.1, -0.05) is 6.07 Å². The Morgan fingerprint density at radius 3 is 2.40 bits per heavy atom. The molecule has 6 N–H and O–H groups in total. The molecule has 0 bridgehead atoms. The Morgan fingerprint density at radius 2 is 1.75 bits per heavy atom. The predicted molar refractivity (Wildman–Crippen MR) is 64.2 cm³/mol. The lowest BCUT2D eigenvalue weighted by molar-refractivity contribution is -0.277. The van der Waals surface area contributed by atoms with Crippen LogP contribution < -0.4 is 4.74 Å². The maximum absolute atomic E-state index is 9.76. The molecule has 8 nitrogen and oxygen atoms in total. The Labute approximate surface area is 114 Å². The first-order valence-electron chi connectivity index (χ1n) is 5.93. The van der Waals surface area contributed by atoms with Gasteiger partial charge in [-0.15, -0.1) is 0 Å². The van der Waals surface area contributed by atoms with Crippen LogP contribution >= 0.6 is 0 Å². The van der Waals surface area contributed by atoms with E-state index in [-0.39, 0.29) is 5.75 Å². The third-order valence-electron chi connectivity index (χ3n) is 3.07. The second kappa shape index (κ2) is 5.81. The van der Waals surface area contributed by atoms with Crippen LogP contribution in [0.1, 0.15) is 0 Å². The van der Waals surface area contributed by atoms with Gasteiger partial charge < -0.3 is 40.1 Å². The lowest BCUT2D eigenvalue weighted by Gasteiger charge is -2.39. The summed E-state index contributed by atoms with van der Waals surface area (Å²) in [6.07, 6.45) is -7.19. The lowest BCUT2D eigenvalue weighted by Crippen LogP contribution is -2.60. The summed E-state index contributed by atoms with van der Waals surface area (Å²) >= 11 is 0. The molecule has 1 saturated heterocycles. The fraction of sp³-hybridized carbons (Fsp3) is 0.500. The molecule has 1 fully saturated rings. The van der Waals surface area contributed by atoms with Crippen molar-refractivity contribution in [3.63, 3.8) is 0 Å². The summed E-state index contributed by atoms with van der Waals surface area (Å²) in [5, 5.41) is 56.9. The van der Waals surface area contributed by atoms with E-state index in [0.29, 0.717) is 0 Å². The first-order valence-corrected chi connectivity index (χ1v) is 5.93. The zero-order valence-electron chi connectivity index (χ0n) is 10.3. The summed E-state index contributed by atoms with van der Waals surface area (Å²) in [7, 11) is 0. The van der Waals surface area contributed by atoms with Gasteiger partial charge in [0.25, 0.3) is 0 Å². The van der Waals surface area contributed by atoms with E-state index >= 15 is 0 Å². The molecule has 0 spiro atoms. The lowest BCUT2D eigenvalue weighted by atomic mass is 9.99. The largest absolute Gasteiger partial charge is 0.504 e. The van der Waals surface area contributed by atoms with Gasteiger partial charge in [-0.05, 0) is 12.1 Å². The molecule has 1 aromatic carbocycles. The van der Waals surface area contributed by atoms with E-state index in [1.807, 2.05) is 0 Å². The minimum absolute atomic E-state index is 0.172. The second-order valence-corrected chi connectivity index (χ2v) is 4.44. The molecule has 0 unspecified atom stereocenters. The van der Waals surface area contributed by atoms with E-state index in [0.717, 1.165) is 0 Å². The van der Waals surface area contributed by atoms with E-state index in [1.54, 1.807) is 0 Å². The molecule has 8 heteroatoms. The third kappa shape index (κ3) is 2.65. The minimum atomic E-state index is -1.59. The summed E-state index contributed by atoms with van der Waals surface area (Å²) in [6, 6.07) is 3.94. The van der Waals surface area contributed by atoms with E-state index in [4.69, 9.17) is 14.6 Å². The molecule has 0 saturated carbocycles. The van der Waals surface area contributed by atoms with Gasteiger partial charge in [-0.25, -0.2) is 0 Å². The zero-order valence-corrected chi connectivity index (χ0v) is 10.3. The van der Waals surface area contributed by atoms with Crippen molar-refractivity contribution >= 4 is 0 Å². The molecule has 0 amide bonds. The average molecular weight is 288 g/mol. The van der Waals surface area contributed by atoms with Gasteiger partial charge in [-0.3, -0.25) is 0 Å². The van der Waals surface area contributed by atoms with E-state index in [1.165, 1.54) is 18.2 Å². The molecule has 1 aliphatic heterocycles. The van der Waals surface area contributed by atoms with Crippen LogP contribution in [0.5, 0.6) is 17.2 Å². The van der Waals surface area contributed by atoms with Crippen molar-refractivity contribution in [1.29, 1.82) is 0 Å². The van der Waals surface area contributed by atoms with E-state index < -0.39 is 48.8 Å². The van der Waals surface area contributed by atoms with Crippen molar-refractivity contribution in [1.82, 2.24) is 0 Å². The molecule has 1 aliphatic rings. The molecule has 0 radical (unpaired) electrons. The maximum atomic E-state index is 9.76. The Morgan fingerprint density at radius 1 is 1.05 bits per heavy atom. The highest BCUT2D eigenvalue weighted by molar-refractivity contribution is 5.48. The van der Waals surface area contributed by atoms with Crippen LogP contribution in [-0.2, 0) is 4.74 Å². The number of aromatic hydroxyl groups is 2. The minimum Gasteiger partial charge on any atom is -0.504 e. The number of rotatable bonds is 3. The van der Waals surface area contributed by atoms with Gasteiger partial charge in [0.05, 0.1) is 6.61 Å². The first kappa shape index (κ1) is 14.8. The summed E-state index contributed by atoms with van der Waals surface area (Å²) in [4.78, 5) is 0. The molecule has 20 heavy (non-hydrogen) atoms. The number of ether oxygens (including phenoxy) is 2. The molecule has 1 heterocycles. The van der Waals surface area contributed by atoms with Crippen molar-refractivity contribution in [2.24, 2.45) is 0 Å². The van der Waals surface area contributed by atoms with Gasteiger partial charge in [0.15, 0.2) is 11.5 Å². The summed E-state index contributed by atoms with van der Waals surface area (Å²) in [5.74, 6) is -1.15. The maximum Gasteiger partial charge on any atom is 0.229 e. The molecule has 112 valence electrons. The number of aliphatic hydroxyl groups is 4. The fourth-order valence-electron chi connectivity index (χ4n) is 1.90. The molecule has 5 atom stereocenters. The second-order valence-electron chi connectivity index (χ2n) is 4.44. The highest BCUT2D eigenvalue weighted by Crippen LogP contribution is 2.36.